The Morgan fingerprint density at radius 1 is 0.967 bits per heavy atom. The SMILES string of the molecule is CC(C)(C)c1ccc(S(=O)(=O)N2C3CCC2CC(=NOCc2ccccc2)C3)cc1. The summed E-state index contributed by atoms with van der Waals surface area (Å²) in [6, 6.07) is 17.2. The van der Waals surface area contributed by atoms with Crippen LogP contribution in [-0.4, -0.2) is 30.5 Å². The summed E-state index contributed by atoms with van der Waals surface area (Å²) in [5, 5.41) is 4.34. The minimum absolute atomic E-state index is 0.00242. The predicted octanol–water partition coefficient (Wildman–Crippen LogP) is 4.87. The highest BCUT2D eigenvalue weighted by Gasteiger charge is 2.46. The van der Waals surface area contributed by atoms with Gasteiger partial charge in [0.1, 0.15) is 6.61 Å². The van der Waals surface area contributed by atoms with Crippen LogP contribution >= 0.6 is 0 Å². The molecule has 0 amide bonds. The molecule has 0 N–H and O–H groups in total. The number of nitrogens with zero attached hydrogens (tertiary/aromatic N) is 2. The lowest BCUT2D eigenvalue weighted by molar-refractivity contribution is 0.127. The molecule has 0 aromatic heterocycles. The van der Waals surface area contributed by atoms with E-state index in [0.717, 1.165) is 29.7 Å². The van der Waals surface area contributed by atoms with Gasteiger partial charge in [-0.05, 0) is 41.5 Å². The third kappa shape index (κ3) is 4.30. The van der Waals surface area contributed by atoms with Crippen molar-refractivity contribution in [2.24, 2.45) is 5.16 Å². The fraction of sp³-hybridized carbons (Fsp3) is 0.458. The normalized spacial score (nSPS) is 22.2. The highest BCUT2D eigenvalue weighted by molar-refractivity contribution is 7.89. The van der Waals surface area contributed by atoms with Gasteiger partial charge in [-0.1, -0.05) is 68.4 Å². The molecule has 2 bridgehead atoms. The maximum atomic E-state index is 13.4. The number of fused-ring (bicyclic) bond motifs is 2. The van der Waals surface area contributed by atoms with Crippen molar-refractivity contribution in [3.05, 3.63) is 65.7 Å². The first-order valence-electron chi connectivity index (χ1n) is 10.6. The Morgan fingerprint density at radius 2 is 1.57 bits per heavy atom. The molecule has 2 aromatic rings. The molecule has 2 aliphatic rings. The van der Waals surface area contributed by atoms with Gasteiger partial charge in [0, 0.05) is 24.9 Å². The first-order chi connectivity index (χ1) is 14.2. The number of sulfonamides is 1. The van der Waals surface area contributed by atoms with E-state index in [-0.39, 0.29) is 17.5 Å². The number of oxime groups is 1. The summed E-state index contributed by atoms with van der Waals surface area (Å²) in [4.78, 5) is 5.94. The van der Waals surface area contributed by atoms with E-state index < -0.39 is 10.0 Å². The Balaban J connectivity index is 1.46. The van der Waals surface area contributed by atoms with Gasteiger partial charge in [-0.2, -0.15) is 4.31 Å². The molecule has 2 aliphatic heterocycles. The average molecular weight is 427 g/mol. The van der Waals surface area contributed by atoms with Crippen LogP contribution in [0.1, 0.15) is 57.6 Å². The van der Waals surface area contributed by atoms with Gasteiger partial charge in [0.25, 0.3) is 0 Å². The topological polar surface area (TPSA) is 59.0 Å². The average Bonchev–Trinajstić information content (AvgIpc) is 3.00. The molecule has 2 unspecified atom stereocenters. The Hall–Kier alpha value is -2.18. The van der Waals surface area contributed by atoms with Crippen molar-refractivity contribution < 1.29 is 13.3 Å². The molecule has 2 heterocycles. The maximum Gasteiger partial charge on any atom is 0.243 e. The van der Waals surface area contributed by atoms with Crippen molar-refractivity contribution in [3.63, 3.8) is 0 Å². The summed E-state index contributed by atoms with van der Waals surface area (Å²) in [5.74, 6) is 0. The van der Waals surface area contributed by atoms with Crippen LogP contribution in [0.2, 0.25) is 0 Å². The van der Waals surface area contributed by atoms with E-state index in [2.05, 4.69) is 25.9 Å². The largest absolute Gasteiger partial charge is 0.391 e. The van der Waals surface area contributed by atoms with Crippen LogP contribution in [0, 0.1) is 0 Å². The van der Waals surface area contributed by atoms with E-state index in [9.17, 15) is 8.42 Å². The zero-order valence-electron chi connectivity index (χ0n) is 17.9. The van der Waals surface area contributed by atoms with E-state index in [1.165, 1.54) is 0 Å². The Morgan fingerprint density at radius 3 is 2.13 bits per heavy atom. The van der Waals surface area contributed by atoms with Gasteiger partial charge in [-0.3, -0.25) is 0 Å². The van der Waals surface area contributed by atoms with Crippen LogP contribution in [0.5, 0.6) is 0 Å². The second kappa shape index (κ2) is 8.16. The third-order valence-electron chi connectivity index (χ3n) is 6.06. The molecule has 30 heavy (non-hydrogen) atoms. The number of hydrogen-bond donors (Lipinski definition) is 0. The van der Waals surface area contributed by atoms with Gasteiger partial charge in [-0.15, -0.1) is 0 Å². The van der Waals surface area contributed by atoms with Crippen molar-refractivity contribution in [2.75, 3.05) is 0 Å². The Kier molecular flexibility index (Phi) is 5.73. The highest BCUT2D eigenvalue weighted by Crippen LogP contribution is 2.39. The molecule has 0 saturated carbocycles. The minimum atomic E-state index is -3.51. The molecule has 2 fully saturated rings. The van der Waals surface area contributed by atoms with E-state index >= 15 is 0 Å². The molecule has 0 spiro atoms. The maximum absolute atomic E-state index is 13.4. The van der Waals surface area contributed by atoms with Crippen LogP contribution in [0.4, 0.5) is 0 Å². The first kappa shape index (κ1) is 21.1. The highest BCUT2D eigenvalue weighted by atomic mass is 32.2. The summed E-state index contributed by atoms with van der Waals surface area (Å²) in [6.45, 7) is 6.81. The molecule has 2 saturated heterocycles. The van der Waals surface area contributed by atoms with Crippen LogP contribution in [0.3, 0.4) is 0 Å². The monoisotopic (exact) mass is 426 g/mol. The molecule has 2 aromatic carbocycles. The van der Waals surface area contributed by atoms with E-state index in [0.29, 0.717) is 24.3 Å². The van der Waals surface area contributed by atoms with Gasteiger partial charge in [0.15, 0.2) is 0 Å². The third-order valence-corrected chi connectivity index (χ3v) is 8.08. The molecule has 0 aliphatic carbocycles. The van der Waals surface area contributed by atoms with Crippen molar-refractivity contribution in [1.82, 2.24) is 4.31 Å². The van der Waals surface area contributed by atoms with Gasteiger partial charge in [0.05, 0.1) is 10.6 Å². The van der Waals surface area contributed by atoms with Crippen LogP contribution in [-0.2, 0) is 26.9 Å². The lowest BCUT2D eigenvalue weighted by Crippen LogP contribution is -2.46. The summed E-state index contributed by atoms with van der Waals surface area (Å²) < 4.78 is 28.5. The zero-order chi connectivity index (χ0) is 21.4. The van der Waals surface area contributed by atoms with Gasteiger partial charge in [-0.25, -0.2) is 8.42 Å². The molecule has 2 atom stereocenters. The van der Waals surface area contributed by atoms with Crippen molar-refractivity contribution in [1.29, 1.82) is 0 Å². The van der Waals surface area contributed by atoms with Crippen molar-refractivity contribution >= 4 is 15.7 Å². The van der Waals surface area contributed by atoms with E-state index in [1.807, 2.05) is 42.5 Å². The Bertz CT molecular complexity index is 993. The van der Waals surface area contributed by atoms with Crippen molar-refractivity contribution in [2.45, 2.75) is 75.5 Å². The second-order valence-corrected chi connectivity index (χ2v) is 11.2. The lowest BCUT2D eigenvalue weighted by Gasteiger charge is -2.34. The number of hydrogen-bond acceptors (Lipinski definition) is 4. The van der Waals surface area contributed by atoms with Crippen LogP contribution < -0.4 is 0 Å². The summed E-state index contributed by atoms with van der Waals surface area (Å²) >= 11 is 0. The molecule has 5 nitrogen and oxygen atoms in total. The van der Waals surface area contributed by atoms with Crippen LogP contribution in [0.15, 0.2) is 64.6 Å². The summed E-state index contributed by atoms with van der Waals surface area (Å²) in [5.41, 5.74) is 3.17. The number of rotatable bonds is 5. The standard InChI is InChI=1S/C24H30N2O3S/c1-24(2,3)19-9-13-23(14-10-19)30(27,28)26-21-11-12-22(26)16-20(15-21)25-29-17-18-7-5-4-6-8-18/h4-10,13-14,21-22H,11-12,15-17H2,1-3H3. The molecular weight excluding hydrogens is 396 g/mol. The molecule has 4 rings (SSSR count). The second-order valence-electron chi connectivity index (χ2n) is 9.32. The van der Waals surface area contributed by atoms with Gasteiger partial charge < -0.3 is 4.84 Å². The fourth-order valence-corrected chi connectivity index (χ4v) is 6.31. The first-order valence-corrected chi connectivity index (χ1v) is 12.0. The van der Waals surface area contributed by atoms with Gasteiger partial charge in [0.2, 0.25) is 10.0 Å². The number of benzene rings is 2. The summed E-state index contributed by atoms with van der Waals surface area (Å²) in [7, 11) is -3.51. The van der Waals surface area contributed by atoms with E-state index in [1.54, 1.807) is 16.4 Å². The van der Waals surface area contributed by atoms with Crippen molar-refractivity contribution in [3.8, 4) is 0 Å². The molecule has 6 heteroatoms. The molecule has 0 radical (unpaired) electrons. The minimum Gasteiger partial charge on any atom is -0.391 e. The predicted molar refractivity (Wildman–Crippen MR) is 119 cm³/mol. The quantitative estimate of drug-likeness (QED) is 0.641. The fourth-order valence-electron chi connectivity index (χ4n) is 4.44. The molecular formula is C24H30N2O3S. The number of piperidine rings is 1. The smallest absolute Gasteiger partial charge is 0.243 e. The van der Waals surface area contributed by atoms with E-state index in [4.69, 9.17) is 4.84 Å². The van der Waals surface area contributed by atoms with Crippen LogP contribution in [0.25, 0.3) is 0 Å². The summed E-state index contributed by atoms with van der Waals surface area (Å²) in [6.07, 6.45) is 3.04. The zero-order valence-corrected chi connectivity index (χ0v) is 18.7. The Labute approximate surface area is 179 Å². The van der Waals surface area contributed by atoms with Gasteiger partial charge >= 0.3 is 0 Å². The molecule has 160 valence electrons. The lowest BCUT2D eigenvalue weighted by atomic mass is 9.87.